The second-order valence-corrected chi connectivity index (χ2v) is 5.18. The second-order valence-electron chi connectivity index (χ2n) is 4.20. The van der Waals surface area contributed by atoms with E-state index in [9.17, 15) is 9.59 Å². The summed E-state index contributed by atoms with van der Waals surface area (Å²) in [6.07, 6.45) is 1.39. The monoisotopic (exact) mass is 248 g/mol. The number of amides is 2. The van der Waals surface area contributed by atoms with E-state index in [1.807, 2.05) is 6.26 Å². The van der Waals surface area contributed by atoms with E-state index in [4.69, 9.17) is 4.74 Å². The van der Waals surface area contributed by atoms with Crippen LogP contribution >= 0.6 is 11.8 Å². The highest BCUT2D eigenvalue weighted by Crippen LogP contribution is 2.05. The number of carbonyl (C=O) groups excluding carboxylic acids is 2. The van der Waals surface area contributed by atoms with Gasteiger partial charge in [0.15, 0.2) is 0 Å². The maximum Gasteiger partial charge on any atom is 0.408 e. The summed E-state index contributed by atoms with van der Waals surface area (Å²) in [4.78, 5) is 22.4. The summed E-state index contributed by atoms with van der Waals surface area (Å²) in [5, 5.41) is 5.06. The van der Waals surface area contributed by atoms with E-state index in [0.717, 1.165) is 5.75 Å². The van der Waals surface area contributed by atoms with Crippen LogP contribution in [-0.4, -0.2) is 42.7 Å². The largest absolute Gasteiger partial charge is 0.444 e. The number of hydrogen-bond acceptors (Lipinski definition) is 4. The molecule has 0 rings (SSSR count). The smallest absolute Gasteiger partial charge is 0.408 e. The molecule has 6 heteroatoms. The van der Waals surface area contributed by atoms with Crippen LogP contribution in [0.2, 0.25) is 0 Å². The van der Waals surface area contributed by atoms with Crippen LogP contribution in [0.3, 0.4) is 0 Å². The molecule has 0 saturated carbocycles. The van der Waals surface area contributed by atoms with Crippen LogP contribution in [-0.2, 0) is 9.53 Å². The molecule has 0 aliphatic rings. The lowest BCUT2D eigenvalue weighted by Crippen LogP contribution is -2.40. The minimum Gasteiger partial charge on any atom is -0.444 e. The topological polar surface area (TPSA) is 67.4 Å². The van der Waals surface area contributed by atoms with Crippen molar-refractivity contribution in [3.8, 4) is 0 Å². The van der Waals surface area contributed by atoms with E-state index in [-0.39, 0.29) is 12.5 Å². The van der Waals surface area contributed by atoms with Gasteiger partial charge in [0.2, 0.25) is 5.91 Å². The molecule has 0 aromatic heterocycles. The van der Waals surface area contributed by atoms with Crippen LogP contribution < -0.4 is 10.6 Å². The van der Waals surface area contributed by atoms with E-state index in [1.165, 1.54) is 0 Å². The molecule has 0 saturated heterocycles. The zero-order valence-corrected chi connectivity index (χ0v) is 11.1. The molecule has 16 heavy (non-hydrogen) atoms. The molecule has 5 nitrogen and oxygen atoms in total. The number of nitrogens with one attached hydrogen (secondary N) is 2. The van der Waals surface area contributed by atoms with Gasteiger partial charge in [-0.05, 0) is 27.0 Å². The summed E-state index contributed by atoms with van der Waals surface area (Å²) in [7, 11) is 0. The molecule has 0 bridgehead atoms. The number of alkyl carbamates (subject to hydrolysis) is 1. The molecule has 0 atom stereocenters. The first-order valence-corrected chi connectivity index (χ1v) is 6.47. The van der Waals surface area contributed by atoms with Crippen LogP contribution in [0.15, 0.2) is 0 Å². The van der Waals surface area contributed by atoms with E-state index < -0.39 is 11.7 Å². The summed E-state index contributed by atoms with van der Waals surface area (Å²) in [5.41, 5.74) is -0.542. The van der Waals surface area contributed by atoms with Crippen molar-refractivity contribution in [2.75, 3.05) is 25.1 Å². The van der Waals surface area contributed by atoms with Gasteiger partial charge in [-0.2, -0.15) is 11.8 Å². The normalized spacial score (nSPS) is 10.8. The Morgan fingerprint density at radius 3 is 2.38 bits per heavy atom. The molecular weight excluding hydrogens is 228 g/mol. The molecule has 0 aromatic rings. The fourth-order valence-corrected chi connectivity index (χ4v) is 1.13. The van der Waals surface area contributed by atoms with Gasteiger partial charge in [0.05, 0.1) is 6.54 Å². The summed E-state index contributed by atoms with van der Waals surface area (Å²) < 4.78 is 4.98. The number of rotatable bonds is 5. The van der Waals surface area contributed by atoms with Gasteiger partial charge >= 0.3 is 6.09 Å². The predicted molar refractivity (Wildman–Crippen MR) is 65.6 cm³/mol. The Labute approximate surface area is 101 Å². The van der Waals surface area contributed by atoms with Crippen molar-refractivity contribution in [1.29, 1.82) is 0 Å². The van der Waals surface area contributed by atoms with E-state index in [0.29, 0.717) is 6.54 Å². The third kappa shape index (κ3) is 9.64. The summed E-state index contributed by atoms with van der Waals surface area (Å²) in [6, 6.07) is 0. The Morgan fingerprint density at radius 1 is 1.25 bits per heavy atom. The van der Waals surface area contributed by atoms with E-state index >= 15 is 0 Å². The van der Waals surface area contributed by atoms with Crippen molar-refractivity contribution in [3.05, 3.63) is 0 Å². The average molecular weight is 248 g/mol. The van der Waals surface area contributed by atoms with Crippen LogP contribution in [0.25, 0.3) is 0 Å². The number of carbonyl (C=O) groups is 2. The molecule has 0 heterocycles. The maximum absolute atomic E-state index is 11.2. The Hall–Kier alpha value is -0.910. The lowest BCUT2D eigenvalue weighted by Gasteiger charge is -2.19. The van der Waals surface area contributed by atoms with Gasteiger partial charge in [-0.1, -0.05) is 0 Å². The molecule has 0 radical (unpaired) electrons. The molecular formula is C10H20N2O3S. The van der Waals surface area contributed by atoms with Gasteiger partial charge in [0, 0.05) is 12.3 Å². The highest BCUT2D eigenvalue weighted by Gasteiger charge is 2.16. The molecule has 94 valence electrons. The Balaban J connectivity index is 3.63. The summed E-state index contributed by atoms with van der Waals surface area (Å²) in [5.74, 6) is 0.651. The third-order valence-corrected chi connectivity index (χ3v) is 2.03. The quantitative estimate of drug-likeness (QED) is 0.712. The second kappa shape index (κ2) is 7.38. The fourth-order valence-electron chi connectivity index (χ4n) is 0.822. The van der Waals surface area contributed by atoms with Gasteiger partial charge < -0.3 is 15.4 Å². The van der Waals surface area contributed by atoms with Crippen molar-refractivity contribution in [2.24, 2.45) is 0 Å². The molecule has 2 N–H and O–H groups in total. The van der Waals surface area contributed by atoms with Gasteiger partial charge in [-0.25, -0.2) is 4.79 Å². The molecule has 0 aliphatic heterocycles. The Kier molecular flexibility index (Phi) is 6.96. The molecule has 0 aliphatic carbocycles. The SMILES string of the molecule is CSCCNC(=O)CNC(=O)OC(C)(C)C. The lowest BCUT2D eigenvalue weighted by atomic mass is 10.2. The molecule has 0 spiro atoms. The van der Waals surface area contributed by atoms with Gasteiger partial charge in [-0.15, -0.1) is 0 Å². The lowest BCUT2D eigenvalue weighted by molar-refractivity contribution is -0.120. The zero-order valence-electron chi connectivity index (χ0n) is 10.3. The Morgan fingerprint density at radius 2 is 1.88 bits per heavy atom. The summed E-state index contributed by atoms with van der Waals surface area (Å²) in [6.45, 7) is 5.86. The van der Waals surface area contributed by atoms with Crippen molar-refractivity contribution >= 4 is 23.8 Å². The summed E-state index contributed by atoms with van der Waals surface area (Å²) >= 11 is 1.65. The third-order valence-electron chi connectivity index (χ3n) is 1.42. The maximum atomic E-state index is 11.2. The first-order chi connectivity index (χ1) is 7.35. The highest BCUT2D eigenvalue weighted by atomic mass is 32.2. The molecule has 0 aromatic carbocycles. The Bertz CT molecular complexity index is 239. The number of hydrogen-bond donors (Lipinski definition) is 2. The van der Waals surface area contributed by atoms with Crippen LogP contribution in [0.4, 0.5) is 4.79 Å². The molecule has 0 unspecified atom stereocenters. The number of thioether (sulfide) groups is 1. The number of ether oxygens (including phenoxy) is 1. The van der Waals surface area contributed by atoms with Crippen LogP contribution in [0.5, 0.6) is 0 Å². The van der Waals surface area contributed by atoms with Crippen LogP contribution in [0, 0.1) is 0 Å². The minimum absolute atomic E-state index is 0.0523. The van der Waals surface area contributed by atoms with Gasteiger partial charge in [0.25, 0.3) is 0 Å². The molecule has 2 amide bonds. The fraction of sp³-hybridized carbons (Fsp3) is 0.800. The van der Waals surface area contributed by atoms with Crippen molar-refractivity contribution in [1.82, 2.24) is 10.6 Å². The van der Waals surface area contributed by atoms with Crippen molar-refractivity contribution in [2.45, 2.75) is 26.4 Å². The van der Waals surface area contributed by atoms with Crippen LogP contribution in [0.1, 0.15) is 20.8 Å². The minimum atomic E-state index is -0.576. The first kappa shape index (κ1) is 15.1. The zero-order chi connectivity index (χ0) is 12.6. The molecule has 0 fully saturated rings. The van der Waals surface area contributed by atoms with Gasteiger partial charge in [-0.3, -0.25) is 4.79 Å². The predicted octanol–water partition coefficient (Wildman–Crippen LogP) is 0.990. The van der Waals surface area contributed by atoms with E-state index in [2.05, 4.69) is 10.6 Å². The standard InChI is InChI=1S/C10H20N2O3S/c1-10(2,3)15-9(14)12-7-8(13)11-5-6-16-4/h5-7H2,1-4H3,(H,11,13)(H,12,14). The highest BCUT2D eigenvalue weighted by molar-refractivity contribution is 7.98. The van der Waals surface area contributed by atoms with Gasteiger partial charge in [0.1, 0.15) is 5.60 Å². The van der Waals surface area contributed by atoms with E-state index in [1.54, 1.807) is 32.5 Å². The first-order valence-electron chi connectivity index (χ1n) is 5.07. The average Bonchev–Trinajstić information content (AvgIpc) is 2.12. The van der Waals surface area contributed by atoms with Crippen molar-refractivity contribution in [3.63, 3.8) is 0 Å². The van der Waals surface area contributed by atoms with Crippen molar-refractivity contribution < 1.29 is 14.3 Å².